The Kier molecular flexibility index (Phi) is 17.6. The Labute approximate surface area is 628 Å². The van der Waals surface area contributed by atoms with Crippen molar-refractivity contribution in [1.82, 2.24) is 0 Å². The number of hydrogen-bond donors (Lipinski definition) is 0. The lowest BCUT2D eigenvalue weighted by Gasteiger charge is -2.22. The summed E-state index contributed by atoms with van der Waals surface area (Å²) in [5.74, 6) is -0.985. The van der Waals surface area contributed by atoms with Crippen molar-refractivity contribution < 1.29 is 32.4 Å². The summed E-state index contributed by atoms with van der Waals surface area (Å²) in [6.45, 7) is 41.7. The minimum atomic E-state index is -1.49. The van der Waals surface area contributed by atoms with Gasteiger partial charge >= 0.3 is 0 Å². The van der Waals surface area contributed by atoms with Crippen molar-refractivity contribution in [2.24, 2.45) is 26.6 Å². The highest BCUT2D eigenvalue weighted by atomic mass is 16.3. The number of hydrogen-bond acceptors (Lipinski definition) is 3. The molecule has 0 saturated heterocycles. The molecular formula is C97H91N6O3+3. The summed E-state index contributed by atoms with van der Waals surface area (Å²) in [5, 5.41) is 6.11. The number of aromatic nitrogens is 3. The van der Waals surface area contributed by atoms with Gasteiger partial charge in [0.2, 0.25) is 17.1 Å². The maximum Gasteiger partial charge on any atom is 0.216 e. The van der Waals surface area contributed by atoms with Gasteiger partial charge in [-0.2, -0.15) is 13.7 Å². The topological polar surface area (TPSA) is 64.1 Å². The number of pyridine rings is 3. The molecule has 6 aromatic heterocycles. The molecule has 0 aliphatic heterocycles. The van der Waals surface area contributed by atoms with Crippen LogP contribution in [0.1, 0.15) is 146 Å². The molecule has 0 N–H and O–H groups in total. The summed E-state index contributed by atoms with van der Waals surface area (Å²) in [6, 6.07) is 67.1. The van der Waals surface area contributed by atoms with Crippen LogP contribution in [0.3, 0.4) is 0 Å². The largest absolute Gasteiger partial charge is 0.456 e. The molecule has 524 valence electrons. The molecule has 0 atom stereocenters. The fraction of sp³-hybridized carbons (Fsp3) is 0.258. The standard InChI is InChI=1S/C33H31N2O.C32H29N2O.C32H31N2O/c1-21-15-16-26-27-17-19-28(34-3)31(24-13-9-6-10-14-24)33(27)36-32(26)30(21)29-20-18-25(22(2)35(29)4)23-11-7-5-8-12-23;1-20-14-15-25-26-16-18-27(33-3)30(23-12-6-5-7-13-23)32(26)35-31(25)29(20)28-19-17-24(21(2)34(28)4)22-10-8-9-11-22;1-20-13-15-24-25-16-17-26(33-6)29(22-11-9-8-10-12-22)31(25)35-30(24)28(20)27-18-14-23(19-32(3,4)5)21(2)34(27)7/h6,9-10,13-20,23H,5,7-8,11-12H2,1-2,4H3;5-7,12-19,22H,8-11H2,1-2,4H3;8-18H,19H2,1-5,7H3/q3*+1/i23D;22D;19D2. The Morgan fingerprint density at radius 1 is 0.358 bits per heavy atom. The highest BCUT2D eigenvalue weighted by molar-refractivity contribution is 6.18. The van der Waals surface area contributed by atoms with Crippen molar-refractivity contribution in [3.8, 4) is 67.2 Å². The van der Waals surface area contributed by atoms with Gasteiger partial charge in [-0.05, 0) is 122 Å². The Hall–Kier alpha value is -11.7. The van der Waals surface area contributed by atoms with E-state index < -0.39 is 23.6 Å². The van der Waals surface area contributed by atoms with Crippen LogP contribution in [-0.2, 0) is 27.5 Å². The molecule has 106 heavy (non-hydrogen) atoms. The van der Waals surface area contributed by atoms with E-state index >= 15 is 0 Å². The van der Waals surface area contributed by atoms with E-state index in [9.17, 15) is 1.37 Å². The van der Waals surface area contributed by atoms with E-state index in [-0.39, 0.29) is 0 Å². The lowest BCUT2D eigenvalue weighted by atomic mass is 9.83. The smallest absolute Gasteiger partial charge is 0.216 e. The quantitative estimate of drug-likeness (QED) is 0.107. The number of rotatable bonds is 9. The van der Waals surface area contributed by atoms with Crippen LogP contribution in [0, 0.1) is 66.7 Å². The first-order valence-electron chi connectivity index (χ1n) is 39.1. The molecule has 9 nitrogen and oxygen atoms in total. The molecule has 2 fully saturated rings. The average molecular weight is 1390 g/mol. The van der Waals surface area contributed by atoms with E-state index in [0.29, 0.717) is 28.2 Å². The van der Waals surface area contributed by atoms with Crippen LogP contribution in [0.15, 0.2) is 213 Å². The Balaban J connectivity index is 0.000000131. The van der Waals surface area contributed by atoms with E-state index in [4.69, 9.17) is 37.1 Å². The first kappa shape index (κ1) is 65.1. The molecule has 0 bridgehead atoms. The fourth-order valence-electron chi connectivity index (χ4n) is 16.5. The Morgan fingerprint density at radius 2 is 0.642 bits per heavy atom. The highest BCUT2D eigenvalue weighted by Crippen LogP contribution is 2.49. The monoisotopic (exact) mass is 1390 g/mol. The second-order valence-electron chi connectivity index (χ2n) is 29.8. The van der Waals surface area contributed by atoms with Crippen LogP contribution < -0.4 is 13.7 Å². The van der Waals surface area contributed by atoms with Crippen molar-refractivity contribution in [1.29, 1.82) is 0 Å². The average Bonchev–Trinajstić information content (AvgIpc) is 1.10. The molecule has 0 amide bonds. The van der Waals surface area contributed by atoms with Crippen LogP contribution in [0.4, 0.5) is 17.1 Å². The highest BCUT2D eigenvalue weighted by Gasteiger charge is 2.32. The van der Waals surface area contributed by atoms with Gasteiger partial charge in [0.15, 0.2) is 34.1 Å². The van der Waals surface area contributed by atoms with Gasteiger partial charge in [-0.3, -0.25) is 0 Å². The normalized spacial score (nSPS) is 14.7. The summed E-state index contributed by atoms with van der Waals surface area (Å²) < 4.78 is 62.5. The molecule has 17 rings (SSSR count). The number of fused-ring (bicyclic) bond motifs is 9. The maximum absolute atomic E-state index is 9.21. The molecule has 2 aliphatic carbocycles. The molecule has 0 radical (unpaired) electrons. The minimum Gasteiger partial charge on any atom is -0.456 e. The van der Waals surface area contributed by atoms with E-state index in [1.807, 2.05) is 174 Å². The van der Waals surface area contributed by atoms with Gasteiger partial charge in [-0.1, -0.05) is 217 Å². The van der Waals surface area contributed by atoms with Gasteiger partial charge in [-0.25, -0.2) is 14.5 Å². The summed E-state index contributed by atoms with van der Waals surface area (Å²) >= 11 is 0. The van der Waals surface area contributed by atoms with Gasteiger partial charge in [0.1, 0.15) is 54.6 Å². The SMILES string of the molecule is [2H]C([2H])(c1ccc(-c2c(C)ccc3c2oc2c(-c4ccccc4)c([N+]#[C-])ccc23)[n+](C)c1C)C(C)(C)C.[2H]C1(c2ccc(-c3c(C)ccc4c3oc3c(-c5ccccc5)c([N+]#[C-])ccc34)[n+](C)c2C)CCCC1.[2H]C1(c2ccc(-c3c(C)ccc4c3oc3c(-c5ccccc5)c([N+]#[C-])ccc34)[n+](C)c2C)CCCCC1. The number of furan rings is 3. The van der Waals surface area contributed by atoms with Crippen molar-refractivity contribution in [3.63, 3.8) is 0 Å². The van der Waals surface area contributed by atoms with Gasteiger partial charge < -0.3 is 13.3 Å². The van der Waals surface area contributed by atoms with Gasteiger partial charge in [0, 0.05) is 110 Å². The lowest BCUT2D eigenvalue weighted by Crippen LogP contribution is -2.36. The van der Waals surface area contributed by atoms with Crippen molar-refractivity contribution >= 4 is 82.9 Å². The summed E-state index contributed by atoms with van der Waals surface area (Å²) in [7, 11) is 6.19. The third-order valence-corrected chi connectivity index (χ3v) is 22.2. The van der Waals surface area contributed by atoms with Crippen molar-refractivity contribution in [3.05, 3.63) is 285 Å². The van der Waals surface area contributed by atoms with E-state index in [1.54, 1.807) is 0 Å². The molecule has 9 heteroatoms. The predicted molar refractivity (Wildman–Crippen MR) is 435 cm³/mol. The lowest BCUT2D eigenvalue weighted by molar-refractivity contribution is -0.667. The molecular weight excluding hydrogens is 1300 g/mol. The molecule has 0 unspecified atom stereocenters. The van der Waals surface area contributed by atoms with E-state index in [0.717, 1.165) is 224 Å². The third-order valence-electron chi connectivity index (χ3n) is 22.2. The molecule has 2 aliphatic rings. The number of aryl methyl sites for hydroxylation is 3. The fourth-order valence-corrected chi connectivity index (χ4v) is 16.5. The molecule has 15 aromatic rings. The Morgan fingerprint density at radius 3 is 0.953 bits per heavy atom. The molecule has 0 spiro atoms. The Bertz CT molecular complexity index is 6330. The molecule has 2 saturated carbocycles. The first-order valence-corrected chi connectivity index (χ1v) is 37.1. The summed E-state index contributed by atoms with van der Waals surface area (Å²) in [4.78, 5) is 11.4. The zero-order valence-electron chi connectivity index (χ0n) is 66.8. The zero-order chi connectivity index (χ0) is 77.5. The van der Waals surface area contributed by atoms with Gasteiger partial charge in [0.25, 0.3) is 0 Å². The van der Waals surface area contributed by atoms with Crippen LogP contribution in [0.2, 0.25) is 0 Å². The summed E-state index contributed by atoms with van der Waals surface area (Å²) in [6.07, 6.45) is 7.96. The first-order chi connectivity index (χ1) is 52.8. The second-order valence-corrected chi connectivity index (χ2v) is 29.8. The predicted octanol–water partition coefficient (Wildman–Crippen LogP) is 26.0. The molecule has 9 aromatic carbocycles. The van der Waals surface area contributed by atoms with Crippen molar-refractivity contribution in [2.75, 3.05) is 0 Å². The molecule has 6 heterocycles. The van der Waals surface area contributed by atoms with E-state index in [2.05, 4.69) is 138 Å². The van der Waals surface area contributed by atoms with E-state index in [1.165, 1.54) is 6.42 Å². The van der Waals surface area contributed by atoms with Gasteiger partial charge in [0.05, 0.1) is 36.4 Å². The van der Waals surface area contributed by atoms with Crippen LogP contribution in [0.5, 0.6) is 0 Å². The zero-order valence-corrected chi connectivity index (χ0v) is 62.8. The maximum atomic E-state index is 9.21. The van der Waals surface area contributed by atoms with Crippen molar-refractivity contribution in [2.45, 2.75) is 138 Å². The number of nitrogens with zero attached hydrogens (tertiary/aromatic N) is 6. The van der Waals surface area contributed by atoms with Crippen LogP contribution in [0.25, 0.3) is 148 Å². The number of benzene rings is 9. The third kappa shape index (κ3) is 12.6. The van der Waals surface area contributed by atoms with Crippen LogP contribution >= 0.6 is 0 Å². The second kappa shape index (κ2) is 28.7. The van der Waals surface area contributed by atoms with Gasteiger partial charge in [-0.15, -0.1) is 0 Å². The van der Waals surface area contributed by atoms with Crippen LogP contribution in [-0.4, -0.2) is 0 Å². The minimum absolute atomic E-state index is 0.485. The summed E-state index contributed by atoms with van der Waals surface area (Å²) in [5.41, 5.74) is 27.0.